The smallest absolute Gasteiger partial charge is 0.259 e. The van der Waals surface area contributed by atoms with Crippen molar-refractivity contribution in [2.75, 3.05) is 0 Å². The summed E-state index contributed by atoms with van der Waals surface area (Å²) in [6.07, 6.45) is 0. The van der Waals surface area contributed by atoms with Crippen LogP contribution in [0.1, 0.15) is 37.0 Å². The summed E-state index contributed by atoms with van der Waals surface area (Å²) in [7, 11) is 0. The standard InChI is InChI=1S/C19H20N2O3/c1-14(15-9-5-3-6-10-15)19(2,22)18-20-17(21-24-18)13-23-16-11-7-4-8-12-16/h3-12,14,22H,13H2,1-2H3/t14-,19-/m0/s1. The molecule has 124 valence electrons. The molecule has 1 heterocycles. The van der Waals surface area contributed by atoms with Gasteiger partial charge < -0.3 is 14.4 Å². The van der Waals surface area contributed by atoms with Crippen LogP contribution in [0.3, 0.4) is 0 Å². The predicted octanol–water partition coefficient (Wildman–Crippen LogP) is 3.66. The summed E-state index contributed by atoms with van der Waals surface area (Å²) < 4.78 is 10.9. The van der Waals surface area contributed by atoms with Crippen LogP contribution in [0.15, 0.2) is 65.2 Å². The zero-order valence-electron chi connectivity index (χ0n) is 13.7. The minimum Gasteiger partial charge on any atom is -0.485 e. The van der Waals surface area contributed by atoms with Crippen molar-refractivity contribution in [1.82, 2.24) is 10.1 Å². The normalized spacial score (nSPS) is 14.8. The number of nitrogens with zero attached hydrogens (tertiary/aromatic N) is 2. The molecule has 0 saturated heterocycles. The molecule has 0 aliphatic rings. The SMILES string of the molecule is C[C@@H](c1ccccc1)[C@](C)(O)c1nc(COc2ccccc2)no1. The highest BCUT2D eigenvalue weighted by molar-refractivity contribution is 5.24. The molecule has 2 aromatic carbocycles. The van der Waals surface area contributed by atoms with E-state index >= 15 is 0 Å². The third kappa shape index (κ3) is 3.46. The van der Waals surface area contributed by atoms with Crippen LogP contribution in [0.2, 0.25) is 0 Å². The highest BCUT2D eigenvalue weighted by atomic mass is 16.5. The highest BCUT2D eigenvalue weighted by Crippen LogP contribution is 2.35. The first-order chi connectivity index (χ1) is 11.6. The molecule has 2 atom stereocenters. The van der Waals surface area contributed by atoms with Gasteiger partial charge in [-0.15, -0.1) is 0 Å². The first-order valence-electron chi connectivity index (χ1n) is 7.85. The van der Waals surface area contributed by atoms with Crippen LogP contribution in [-0.4, -0.2) is 15.2 Å². The second-order valence-electron chi connectivity index (χ2n) is 5.90. The molecule has 1 N–H and O–H groups in total. The van der Waals surface area contributed by atoms with E-state index in [9.17, 15) is 5.11 Å². The van der Waals surface area contributed by atoms with Crippen LogP contribution in [0, 0.1) is 0 Å². The summed E-state index contributed by atoms with van der Waals surface area (Å²) in [6, 6.07) is 19.2. The fourth-order valence-corrected chi connectivity index (χ4v) is 2.43. The minimum absolute atomic E-state index is 0.184. The van der Waals surface area contributed by atoms with Gasteiger partial charge in [0.05, 0.1) is 0 Å². The molecule has 0 fully saturated rings. The third-order valence-electron chi connectivity index (χ3n) is 4.15. The Morgan fingerprint density at radius 3 is 2.38 bits per heavy atom. The van der Waals surface area contributed by atoms with Crippen molar-refractivity contribution in [3.8, 4) is 5.75 Å². The molecule has 0 amide bonds. The van der Waals surface area contributed by atoms with Crippen LogP contribution < -0.4 is 4.74 Å². The van der Waals surface area contributed by atoms with Crippen LogP contribution >= 0.6 is 0 Å². The number of benzene rings is 2. The lowest BCUT2D eigenvalue weighted by atomic mass is 9.85. The second kappa shape index (κ2) is 6.84. The van der Waals surface area contributed by atoms with Gasteiger partial charge in [-0.1, -0.05) is 60.6 Å². The molecule has 0 aliphatic heterocycles. The van der Waals surface area contributed by atoms with Gasteiger partial charge in [0.2, 0.25) is 5.82 Å². The largest absolute Gasteiger partial charge is 0.485 e. The van der Waals surface area contributed by atoms with Crippen molar-refractivity contribution in [1.29, 1.82) is 0 Å². The van der Waals surface area contributed by atoms with Crippen molar-refractivity contribution >= 4 is 0 Å². The molecular weight excluding hydrogens is 304 g/mol. The van der Waals surface area contributed by atoms with E-state index < -0.39 is 5.60 Å². The molecule has 0 radical (unpaired) electrons. The molecule has 3 aromatic rings. The van der Waals surface area contributed by atoms with E-state index in [-0.39, 0.29) is 18.4 Å². The number of rotatable bonds is 6. The molecular formula is C19H20N2O3. The Bertz CT molecular complexity index is 770. The maximum Gasteiger partial charge on any atom is 0.259 e. The zero-order chi connectivity index (χ0) is 17.0. The maximum atomic E-state index is 10.9. The van der Waals surface area contributed by atoms with Gasteiger partial charge in [-0.2, -0.15) is 4.98 Å². The van der Waals surface area contributed by atoms with Gasteiger partial charge in [0.25, 0.3) is 5.89 Å². The Kier molecular flexibility index (Phi) is 4.62. The van der Waals surface area contributed by atoms with Gasteiger partial charge >= 0.3 is 0 Å². The van der Waals surface area contributed by atoms with E-state index in [4.69, 9.17) is 9.26 Å². The molecule has 0 bridgehead atoms. The maximum absolute atomic E-state index is 10.9. The Morgan fingerprint density at radius 1 is 1.08 bits per heavy atom. The van der Waals surface area contributed by atoms with Crippen molar-refractivity contribution in [2.45, 2.75) is 32.0 Å². The number of ether oxygens (including phenoxy) is 1. The van der Waals surface area contributed by atoms with Crippen LogP contribution in [0.5, 0.6) is 5.75 Å². The molecule has 0 spiro atoms. The van der Waals surface area contributed by atoms with E-state index in [1.54, 1.807) is 6.92 Å². The first kappa shape index (κ1) is 16.2. The van der Waals surface area contributed by atoms with Crippen molar-refractivity contribution in [3.63, 3.8) is 0 Å². The summed E-state index contributed by atoms with van der Waals surface area (Å²) in [5, 5.41) is 14.8. The summed E-state index contributed by atoms with van der Waals surface area (Å²) in [5.74, 6) is 1.12. The molecule has 1 aromatic heterocycles. The van der Waals surface area contributed by atoms with Crippen molar-refractivity contribution < 1.29 is 14.4 Å². The minimum atomic E-state index is -1.26. The van der Waals surface area contributed by atoms with Gasteiger partial charge in [-0.25, -0.2) is 0 Å². The van der Waals surface area contributed by atoms with E-state index in [2.05, 4.69) is 10.1 Å². The van der Waals surface area contributed by atoms with Gasteiger partial charge in [0, 0.05) is 5.92 Å². The van der Waals surface area contributed by atoms with Gasteiger partial charge in [0.1, 0.15) is 11.4 Å². The van der Waals surface area contributed by atoms with E-state index in [1.165, 1.54) is 0 Å². The van der Waals surface area contributed by atoms with Crippen molar-refractivity contribution in [2.24, 2.45) is 0 Å². The van der Waals surface area contributed by atoms with Gasteiger partial charge in [-0.05, 0) is 24.6 Å². The molecule has 5 heteroatoms. The van der Waals surface area contributed by atoms with E-state index in [0.29, 0.717) is 5.82 Å². The Labute approximate surface area is 140 Å². The summed E-state index contributed by atoms with van der Waals surface area (Å²) in [5.41, 5.74) is -0.262. The molecule has 5 nitrogen and oxygen atoms in total. The predicted molar refractivity (Wildman–Crippen MR) is 89.5 cm³/mol. The number of hydrogen-bond donors (Lipinski definition) is 1. The molecule has 0 aliphatic carbocycles. The molecule has 0 saturated carbocycles. The average Bonchev–Trinajstić information content (AvgIpc) is 3.11. The number of aromatic nitrogens is 2. The van der Waals surface area contributed by atoms with Gasteiger partial charge in [0.15, 0.2) is 6.61 Å². The topological polar surface area (TPSA) is 68.4 Å². The molecule has 24 heavy (non-hydrogen) atoms. The summed E-state index contributed by atoms with van der Waals surface area (Å²) in [6.45, 7) is 3.79. The fraction of sp³-hybridized carbons (Fsp3) is 0.263. The Morgan fingerprint density at radius 2 is 1.71 bits per heavy atom. The lowest BCUT2D eigenvalue weighted by Gasteiger charge is -2.26. The number of hydrogen-bond acceptors (Lipinski definition) is 5. The zero-order valence-corrected chi connectivity index (χ0v) is 13.7. The number of para-hydroxylation sites is 1. The second-order valence-corrected chi connectivity index (χ2v) is 5.90. The average molecular weight is 324 g/mol. The molecule has 3 rings (SSSR count). The van der Waals surface area contributed by atoms with Crippen LogP contribution in [0.25, 0.3) is 0 Å². The lowest BCUT2D eigenvalue weighted by molar-refractivity contribution is 0.000602. The number of aliphatic hydroxyl groups is 1. The van der Waals surface area contributed by atoms with Gasteiger partial charge in [-0.3, -0.25) is 0 Å². The Balaban J connectivity index is 1.72. The van der Waals surface area contributed by atoms with E-state index in [0.717, 1.165) is 11.3 Å². The lowest BCUT2D eigenvalue weighted by Crippen LogP contribution is -2.28. The van der Waals surface area contributed by atoms with E-state index in [1.807, 2.05) is 67.6 Å². The third-order valence-corrected chi connectivity index (χ3v) is 4.15. The first-order valence-corrected chi connectivity index (χ1v) is 7.85. The summed E-state index contributed by atoms with van der Waals surface area (Å²) >= 11 is 0. The van der Waals surface area contributed by atoms with Crippen LogP contribution in [0.4, 0.5) is 0 Å². The monoisotopic (exact) mass is 324 g/mol. The fourth-order valence-electron chi connectivity index (χ4n) is 2.43. The van der Waals surface area contributed by atoms with Crippen molar-refractivity contribution in [3.05, 3.63) is 77.9 Å². The highest BCUT2D eigenvalue weighted by Gasteiger charge is 2.37. The summed E-state index contributed by atoms with van der Waals surface area (Å²) in [4.78, 5) is 4.29. The Hall–Kier alpha value is -2.66. The quantitative estimate of drug-likeness (QED) is 0.749. The van der Waals surface area contributed by atoms with Crippen LogP contribution in [-0.2, 0) is 12.2 Å². The molecule has 0 unspecified atom stereocenters.